The molecule has 0 radical (unpaired) electrons. The van der Waals surface area contributed by atoms with E-state index in [1.165, 1.54) is 0 Å². The lowest BCUT2D eigenvalue weighted by molar-refractivity contribution is -0.150. The largest absolute Gasteiger partial charge is 0.456 e. The molecule has 1 aromatic rings. The molecule has 0 unspecified atom stereocenters. The van der Waals surface area contributed by atoms with Gasteiger partial charge >= 0.3 is 12.0 Å². The van der Waals surface area contributed by atoms with E-state index in [0.717, 1.165) is 0 Å². The zero-order chi connectivity index (χ0) is 17.5. The lowest BCUT2D eigenvalue weighted by atomic mass is 9.95. The fourth-order valence-corrected chi connectivity index (χ4v) is 2.64. The number of hydrogen-bond acceptors (Lipinski definition) is 5. The van der Waals surface area contributed by atoms with Gasteiger partial charge in [-0.2, -0.15) is 0 Å². The van der Waals surface area contributed by atoms with E-state index >= 15 is 0 Å². The molecule has 2 N–H and O–H groups in total. The van der Waals surface area contributed by atoms with E-state index in [9.17, 15) is 9.59 Å². The number of esters is 1. The normalized spacial score (nSPS) is 19.7. The molecule has 1 aromatic carbocycles. The van der Waals surface area contributed by atoms with Gasteiger partial charge in [0.2, 0.25) is 6.79 Å². The van der Waals surface area contributed by atoms with Crippen molar-refractivity contribution in [3.63, 3.8) is 0 Å². The van der Waals surface area contributed by atoms with Crippen LogP contribution in [0.15, 0.2) is 29.5 Å². The van der Waals surface area contributed by atoms with Crippen LogP contribution in [-0.4, -0.2) is 24.4 Å². The Morgan fingerprint density at radius 3 is 2.67 bits per heavy atom. The first kappa shape index (κ1) is 16.2. The van der Waals surface area contributed by atoms with Crippen LogP contribution in [0.1, 0.15) is 39.3 Å². The average Bonchev–Trinajstić information content (AvgIpc) is 2.91. The topological polar surface area (TPSA) is 85.9 Å². The average molecular weight is 332 g/mol. The maximum atomic E-state index is 12.6. The van der Waals surface area contributed by atoms with E-state index in [2.05, 4.69) is 10.6 Å². The molecule has 7 heteroatoms. The Bertz CT molecular complexity index is 733. The Kier molecular flexibility index (Phi) is 3.87. The number of amides is 2. The summed E-state index contributed by atoms with van der Waals surface area (Å²) in [4.78, 5) is 24.5. The van der Waals surface area contributed by atoms with Gasteiger partial charge in [0.15, 0.2) is 11.5 Å². The first-order valence-electron chi connectivity index (χ1n) is 7.66. The number of carbonyl (C=O) groups is 2. The van der Waals surface area contributed by atoms with Crippen LogP contribution in [0.5, 0.6) is 11.5 Å². The molecule has 0 spiro atoms. The fourth-order valence-electron chi connectivity index (χ4n) is 2.64. The standard InChI is InChI=1S/C17H20N2O5/c1-9-13(15(20)24-17(2,3)4)14(19-16(21)18-9)10-5-6-11-12(7-10)23-8-22-11/h5-7,14H,8H2,1-4H3,(H2,18,19,21)/t14-/m0/s1. The monoisotopic (exact) mass is 332 g/mol. The van der Waals surface area contributed by atoms with Crippen molar-refractivity contribution in [2.45, 2.75) is 39.3 Å². The Morgan fingerprint density at radius 1 is 1.25 bits per heavy atom. The smallest absolute Gasteiger partial charge is 0.338 e. The van der Waals surface area contributed by atoms with Gasteiger partial charge in [0.05, 0.1) is 11.6 Å². The molecular weight excluding hydrogens is 312 g/mol. The van der Waals surface area contributed by atoms with Crippen molar-refractivity contribution in [2.24, 2.45) is 0 Å². The van der Waals surface area contributed by atoms with Gasteiger partial charge < -0.3 is 24.8 Å². The highest BCUT2D eigenvalue weighted by Crippen LogP contribution is 2.37. The molecule has 0 bridgehead atoms. The Labute approximate surface area is 140 Å². The molecule has 2 amide bonds. The highest BCUT2D eigenvalue weighted by atomic mass is 16.7. The Morgan fingerprint density at radius 2 is 1.96 bits per heavy atom. The molecule has 7 nitrogen and oxygen atoms in total. The van der Waals surface area contributed by atoms with Crippen molar-refractivity contribution in [1.82, 2.24) is 10.6 Å². The van der Waals surface area contributed by atoms with Crippen LogP contribution in [0.25, 0.3) is 0 Å². The molecule has 1 atom stereocenters. The van der Waals surface area contributed by atoms with E-state index in [1.807, 2.05) is 0 Å². The van der Waals surface area contributed by atoms with Gasteiger partial charge in [-0.15, -0.1) is 0 Å². The van der Waals surface area contributed by atoms with Gasteiger partial charge in [-0.1, -0.05) is 6.07 Å². The Hall–Kier alpha value is -2.70. The minimum atomic E-state index is -0.634. The molecule has 2 aliphatic rings. The van der Waals surface area contributed by atoms with Gasteiger partial charge in [-0.25, -0.2) is 9.59 Å². The number of benzene rings is 1. The summed E-state index contributed by atoms with van der Waals surface area (Å²) in [5.74, 6) is 0.746. The van der Waals surface area contributed by atoms with Crippen molar-refractivity contribution < 1.29 is 23.8 Å². The summed E-state index contributed by atoms with van der Waals surface area (Å²) in [5.41, 5.74) is 0.916. The van der Waals surface area contributed by atoms with Crippen LogP contribution < -0.4 is 20.1 Å². The van der Waals surface area contributed by atoms with Gasteiger partial charge in [-0.3, -0.25) is 0 Å². The summed E-state index contributed by atoms with van der Waals surface area (Å²) in [6.07, 6.45) is 0. The van der Waals surface area contributed by atoms with E-state index in [0.29, 0.717) is 28.3 Å². The molecule has 0 saturated carbocycles. The van der Waals surface area contributed by atoms with Gasteiger partial charge in [-0.05, 0) is 45.4 Å². The number of ether oxygens (including phenoxy) is 3. The molecule has 128 valence electrons. The maximum Gasteiger partial charge on any atom is 0.338 e. The second-order valence-corrected chi connectivity index (χ2v) is 6.68. The minimum absolute atomic E-state index is 0.158. The van der Waals surface area contributed by atoms with Crippen LogP contribution in [-0.2, 0) is 9.53 Å². The van der Waals surface area contributed by atoms with Crippen molar-refractivity contribution in [3.05, 3.63) is 35.0 Å². The van der Waals surface area contributed by atoms with Crippen molar-refractivity contribution in [2.75, 3.05) is 6.79 Å². The van der Waals surface area contributed by atoms with Gasteiger partial charge in [0.25, 0.3) is 0 Å². The second kappa shape index (κ2) is 5.74. The SMILES string of the molecule is CC1=C(C(=O)OC(C)(C)C)[C@H](c2ccc3c(c2)OCO3)NC(=O)N1. The third kappa shape index (κ3) is 3.15. The third-order valence-corrected chi connectivity index (χ3v) is 3.62. The summed E-state index contributed by atoms with van der Waals surface area (Å²) in [6.45, 7) is 7.23. The number of rotatable bonds is 2. The predicted molar refractivity (Wildman–Crippen MR) is 85.5 cm³/mol. The van der Waals surface area contributed by atoms with Crippen molar-refractivity contribution in [1.29, 1.82) is 0 Å². The molecule has 0 saturated heterocycles. The first-order chi connectivity index (χ1) is 11.2. The lowest BCUT2D eigenvalue weighted by Crippen LogP contribution is -2.46. The predicted octanol–water partition coefficient (Wildman–Crippen LogP) is 2.38. The number of urea groups is 1. The quantitative estimate of drug-likeness (QED) is 0.812. The molecule has 24 heavy (non-hydrogen) atoms. The molecular formula is C17H20N2O5. The summed E-state index contributed by atoms with van der Waals surface area (Å²) in [7, 11) is 0. The fraction of sp³-hybridized carbons (Fsp3) is 0.412. The zero-order valence-electron chi connectivity index (χ0n) is 14.1. The zero-order valence-corrected chi connectivity index (χ0v) is 14.1. The summed E-state index contributed by atoms with van der Waals surface area (Å²) >= 11 is 0. The van der Waals surface area contributed by atoms with E-state index < -0.39 is 17.6 Å². The van der Waals surface area contributed by atoms with Crippen molar-refractivity contribution >= 4 is 12.0 Å². The molecule has 0 aliphatic carbocycles. The highest BCUT2D eigenvalue weighted by molar-refractivity contribution is 5.95. The van der Waals surface area contributed by atoms with Crippen LogP contribution in [0.2, 0.25) is 0 Å². The van der Waals surface area contributed by atoms with Crippen LogP contribution in [0, 0.1) is 0 Å². The van der Waals surface area contributed by atoms with E-state index in [4.69, 9.17) is 14.2 Å². The Balaban J connectivity index is 1.98. The summed E-state index contributed by atoms with van der Waals surface area (Å²) < 4.78 is 16.2. The molecule has 3 rings (SSSR count). The number of carbonyl (C=O) groups excluding carboxylic acids is 2. The van der Waals surface area contributed by atoms with Crippen LogP contribution in [0.4, 0.5) is 4.79 Å². The number of hydrogen-bond donors (Lipinski definition) is 2. The second-order valence-electron chi connectivity index (χ2n) is 6.68. The molecule has 0 fully saturated rings. The van der Waals surface area contributed by atoms with Crippen molar-refractivity contribution in [3.8, 4) is 11.5 Å². The maximum absolute atomic E-state index is 12.6. The minimum Gasteiger partial charge on any atom is -0.456 e. The van der Waals surface area contributed by atoms with E-state index in [1.54, 1.807) is 45.9 Å². The molecule has 0 aromatic heterocycles. The van der Waals surface area contributed by atoms with E-state index in [-0.39, 0.29) is 12.8 Å². The lowest BCUT2D eigenvalue weighted by Gasteiger charge is -2.30. The molecule has 2 aliphatic heterocycles. The van der Waals surface area contributed by atoms with Crippen LogP contribution in [0.3, 0.4) is 0 Å². The first-order valence-corrected chi connectivity index (χ1v) is 7.66. The summed E-state index contributed by atoms with van der Waals surface area (Å²) in [6, 6.07) is 4.32. The molecule has 2 heterocycles. The third-order valence-electron chi connectivity index (χ3n) is 3.62. The number of nitrogens with one attached hydrogen (secondary N) is 2. The van der Waals surface area contributed by atoms with Gasteiger partial charge in [0.1, 0.15) is 5.60 Å². The van der Waals surface area contributed by atoms with Gasteiger partial charge in [0, 0.05) is 5.70 Å². The highest BCUT2D eigenvalue weighted by Gasteiger charge is 2.34. The number of allylic oxidation sites excluding steroid dienone is 1. The number of fused-ring (bicyclic) bond motifs is 1. The summed E-state index contributed by atoms with van der Waals surface area (Å²) in [5, 5.41) is 5.39. The van der Waals surface area contributed by atoms with Crippen LogP contribution >= 0.6 is 0 Å².